The SMILES string of the molecule is O=C(O)C1CCCCCC1c1ccc(F)c(F)c1F. The predicted octanol–water partition coefficient (Wildman–Crippen LogP) is 3.85. The molecule has 0 amide bonds. The van der Waals surface area contributed by atoms with Gasteiger partial charge in [0.2, 0.25) is 0 Å². The standard InChI is InChI=1S/C14H15F3O2/c15-11-7-6-9(12(16)13(11)17)8-4-2-1-3-5-10(8)14(18)19/h6-8,10H,1-5H2,(H,18,19). The zero-order chi connectivity index (χ0) is 14.0. The highest BCUT2D eigenvalue weighted by molar-refractivity contribution is 5.71. The van der Waals surface area contributed by atoms with Gasteiger partial charge in [0.05, 0.1) is 5.92 Å². The summed E-state index contributed by atoms with van der Waals surface area (Å²) in [4.78, 5) is 11.3. The topological polar surface area (TPSA) is 37.3 Å². The molecule has 1 fully saturated rings. The maximum absolute atomic E-state index is 13.8. The van der Waals surface area contributed by atoms with Crippen LogP contribution in [0.5, 0.6) is 0 Å². The Kier molecular flexibility index (Phi) is 4.12. The van der Waals surface area contributed by atoms with Crippen LogP contribution < -0.4 is 0 Å². The molecule has 1 N–H and O–H groups in total. The van der Waals surface area contributed by atoms with Crippen molar-refractivity contribution in [2.45, 2.75) is 38.0 Å². The van der Waals surface area contributed by atoms with E-state index in [9.17, 15) is 23.1 Å². The van der Waals surface area contributed by atoms with E-state index in [4.69, 9.17) is 0 Å². The summed E-state index contributed by atoms with van der Waals surface area (Å²) in [6, 6.07) is 2.03. The Labute approximate surface area is 109 Å². The van der Waals surface area contributed by atoms with Gasteiger partial charge in [0.1, 0.15) is 0 Å². The van der Waals surface area contributed by atoms with Crippen LogP contribution in [0.25, 0.3) is 0 Å². The largest absolute Gasteiger partial charge is 0.481 e. The van der Waals surface area contributed by atoms with E-state index >= 15 is 0 Å². The van der Waals surface area contributed by atoms with Crippen LogP contribution in [-0.2, 0) is 4.79 Å². The summed E-state index contributed by atoms with van der Waals surface area (Å²) in [6.07, 6.45) is 3.34. The van der Waals surface area contributed by atoms with Gasteiger partial charge >= 0.3 is 5.97 Å². The fourth-order valence-electron chi connectivity index (χ4n) is 2.80. The second kappa shape index (κ2) is 5.63. The molecule has 5 heteroatoms. The number of carboxylic acids is 1. The van der Waals surface area contributed by atoms with Crippen molar-refractivity contribution in [2.24, 2.45) is 5.92 Å². The molecule has 0 saturated heterocycles. The van der Waals surface area contributed by atoms with E-state index in [1.807, 2.05) is 0 Å². The Bertz CT molecular complexity index is 488. The van der Waals surface area contributed by atoms with Gasteiger partial charge in [-0.25, -0.2) is 13.2 Å². The molecule has 0 aromatic heterocycles. The molecule has 2 atom stereocenters. The van der Waals surface area contributed by atoms with Crippen molar-refractivity contribution in [1.29, 1.82) is 0 Å². The number of rotatable bonds is 2. The number of benzene rings is 1. The molecule has 1 saturated carbocycles. The number of carbonyl (C=O) groups is 1. The van der Waals surface area contributed by atoms with E-state index in [-0.39, 0.29) is 5.56 Å². The molecule has 0 aliphatic heterocycles. The quantitative estimate of drug-likeness (QED) is 0.655. The maximum Gasteiger partial charge on any atom is 0.307 e. The molecule has 0 bridgehead atoms. The zero-order valence-electron chi connectivity index (χ0n) is 10.3. The molecule has 104 valence electrons. The molecule has 0 spiro atoms. The first-order chi connectivity index (χ1) is 9.02. The van der Waals surface area contributed by atoms with Crippen LogP contribution in [0, 0.1) is 23.4 Å². The summed E-state index contributed by atoms with van der Waals surface area (Å²) in [5.41, 5.74) is -0.0202. The van der Waals surface area contributed by atoms with Gasteiger partial charge in [-0.15, -0.1) is 0 Å². The molecule has 1 aliphatic rings. The molecule has 1 aromatic rings. The van der Waals surface area contributed by atoms with E-state index in [0.29, 0.717) is 12.8 Å². The second-order valence-corrected chi connectivity index (χ2v) is 4.95. The van der Waals surface area contributed by atoms with Crippen molar-refractivity contribution in [3.63, 3.8) is 0 Å². The van der Waals surface area contributed by atoms with Gasteiger partial charge in [-0.3, -0.25) is 4.79 Å². The van der Waals surface area contributed by atoms with Gasteiger partial charge in [0.25, 0.3) is 0 Å². The minimum Gasteiger partial charge on any atom is -0.481 e. The summed E-state index contributed by atoms with van der Waals surface area (Å²) < 4.78 is 40.0. The lowest BCUT2D eigenvalue weighted by atomic mass is 9.82. The Morgan fingerprint density at radius 3 is 2.42 bits per heavy atom. The van der Waals surface area contributed by atoms with Crippen molar-refractivity contribution in [3.8, 4) is 0 Å². The Hall–Kier alpha value is -1.52. The number of hydrogen-bond donors (Lipinski definition) is 1. The third-order valence-electron chi connectivity index (χ3n) is 3.80. The monoisotopic (exact) mass is 272 g/mol. The molecule has 19 heavy (non-hydrogen) atoms. The summed E-state index contributed by atoms with van der Waals surface area (Å²) in [7, 11) is 0. The maximum atomic E-state index is 13.8. The molecule has 2 nitrogen and oxygen atoms in total. The lowest BCUT2D eigenvalue weighted by Crippen LogP contribution is -2.22. The third kappa shape index (κ3) is 2.74. The lowest BCUT2D eigenvalue weighted by molar-refractivity contribution is -0.142. The first-order valence-electron chi connectivity index (χ1n) is 6.38. The van der Waals surface area contributed by atoms with Gasteiger partial charge in [-0.05, 0) is 24.5 Å². The first kappa shape index (κ1) is 13.9. The Morgan fingerprint density at radius 2 is 1.74 bits per heavy atom. The average Bonchev–Trinajstić information content (AvgIpc) is 2.62. The highest BCUT2D eigenvalue weighted by Crippen LogP contribution is 2.38. The van der Waals surface area contributed by atoms with E-state index in [0.717, 1.165) is 25.3 Å². The summed E-state index contributed by atoms with van der Waals surface area (Å²) in [5, 5.41) is 9.22. The van der Waals surface area contributed by atoms with E-state index in [2.05, 4.69) is 0 Å². The molecule has 1 aliphatic carbocycles. The molecule has 1 aromatic carbocycles. The van der Waals surface area contributed by atoms with Gasteiger partial charge in [0, 0.05) is 5.92 Å². The fraction of sp³-hybridized carbons (Fsp3) is 0.500. The minimum absolute atomic E-state index is 0.0202. The molecule has 0 radical (unpaired) electrons. The lowest BCUT2D eigenvalue weighted by Gasteiger charge is -2.22. The minimum atomic E-state index is -1.52. The molecular formula is C14H15F3O2. The first-order valence-corrected chi connectivity index (χ1v) is 6.38. The van der Waals surface area contributed by atoms with Crippen molar-refractivity contribution >= 4 is 5.97 Å². The highest BCUT2D eigenvalue weighted by Gasteiger charge is 2.33. The van der Waals surface area contributed by atoms with E-state index in [1.165, 1.54) is 6.07 Å². The summed E-state index contributed by atoms with van der Waals surface area (Å²) >= 11 is 0. The van der Waals surface area contributed by atoms with Crippen LogP contribution >= 0.6 is 0 Å². The summed E-state index contributed by atoms with van der Waals surface area (Å²) in [6.45, 7) is 0. The smallest absolute Gasteiger partial charge is 0.307 e. The Balaban J connectivity index is 2.42. The van der Waals surface area contributed by atoms with Crippen molar-refractivity contribution < 1.29 is 23.1 Å². The average molecular weight is 272 g/mol. The third-order valence-corrected chi connectivity index (χ3v) is 3.80. The predicted molar refractivity (Wildman–Crippen MR) is 63.3 cm³/mol. The van der Waals surface area contributed by atoms with Crippen molar-refractivity contribution in [1.82, 2.24) is 0 Å². The van der Waals surface area contributed by atoms with Gasteiger partial charge in [-0.2, -0.15) is 0 Å². The molecule has 2 unspecified atom stereocenters. The van der Waals surface area contributed by atoms with Crippen LogP contribution in [0.3, 0.4) is 0 Å². The number of hydrogen-bond acceptors (Lipinski definition) is 1. The number of aliphatic carboxylic acids is 1. The van der Waals surface area contributed by atoms with Crippen LogP contribution in [0.4, 0.5) is 13.2 Å². The summed E-state index contributed by atoms with van der Waals surface area (Å²) in [5.74, 6) is -6.35. The number of halogens is 3. The Morgan fingerprint density at radius 1 is 1.05 bits per heavy atom. The fourth-order valence-corrected chi connectivity index (χ4v) is 2.80. The van der Waals surface area contributed by atoms with Crippen LogP contribution in [0.1, 0.15) is 43.6 Å². The number of carboxylic acid groups (broad SMARTS) is 1. The molecular weight excluding hydrogens is 257 g/mol. The van der Waals surface area contributed by atoms with E-state index < -0.39 is 35.3 Å². The van der Waals surface area contributed by atoms with Gasteiger partial charge in [0.15, 0.2) is 17.5 Å². The van der Waals surface area contributed by atoms with Crippen molar-refractivity contribution in [2.75, 3.05) is 0 Å². The van der Waals surface area contributed by atoms with E-state index in [1.54, 1.807) is 0 Å². The molecule has 2 rings (SSSR count). The normalized spacial score (nSPS) is 23.9. The van der Waals surface area contributed by atoms with Gasteiger partial charge in [-0.1, -0.05) is 25.3 Å². The van der Waals surface area contributed by atoms with Crippen LogP contribution in [-0.4, -0.2) is 11.1 Å². The second-order valence-electron chi connectivity index (χ2n) is 4.95. The van der Waals surface area contributed by atoms with Crippen LogP contribution in [0.2, 0.25) is 0 Å². The highest BCUT2D eigenvalue weighted by atomic mass is 19.2. The van der Waals surface area contributed by atoms with Crippen LogP contribution in [0.15, 0.2) is 12.1 Å². The zero-order valence-corrected chi connectivity index (χ0v) is 10.3. The molecule has 0 heterocycles. The van der Waals surface area contributed by atoms with Gasteiger partial charge < -0.3 is 5.11 Å². The van der Waals surface area contributed by atoms with Crippen molar-refractivity contribution in [3.05, 3.63) is 35.1 Å².